The maximum Gasteiger partial charge on any atom is 0.149 e. The third-order valence-electron chi connectivity index (χ3n) is 3.06. The number of aryl methyl sites for hydroxylation is 1. The first kappa shape index (κ1) is 12.1. The monoisotopic (exact) mass is 236 g/mol. The highest BCUT2D eigenvalue weighted by Crippen LogP contribution is 2.17. The van der Waals surface area contributed by atoms with Crippen LogP contribution in [0.2, 0.25) is 0 Å². The molecule has 94 valence electrons. The SMILES string of the molecule is Cc1nc(N)c(C)c(NN2CCN(C)CC2)n1. The van der Waals surface area contributed by atoms with Crippen LogP contribution in [0.15, 0.2) is 0 Å². The van der Waals surface area contributed by atoms with E-state index in [1.165, 1.54) is 0 Å². The van der Waals surface area contributed by atoms with Gasteiger partial charge in [-0.05, 0) is 20.9 Å². The van der Waals surface area contributed by atoms with Crippen molar-refractivity contribution >= 4 is 11.6 Å². The Hall–Kier alpha value is -1.40. The molecule has 0 amide bonds. The Morgan fingerprint density at radius 3 is 2.41 bits per heavy atom. The molecule has 1 aromatic heterocycles. The van der Waals surface area contributed by atoms with Crippen LogP contribution in [-0.2, 0) is 0 Å². The number of rotatable bonds is 2. The van der Waals surface area contributed by atoms with Crippen LogP contribution in [0.25, 0.3) is 0 Å². The fourth-order valence-electron chi connectivity index (χ4n) is 1.83. The highest BCUT2D eigenvalue weighted by atomic mass is 15.5. The second kappa shape index (κ2) is 4.85. The summed E-state index contributed by atoms with van der Waals surface area (Å²) in [5.41, 5.74) is 10.1. The van der Waals surface area contributed by atoms with Gasteiger partial charge < -0.3 is 16.1 Å². The molecule has 0 bridgehead atoms. The summed E-state index contributed by atoms with van der Waals surface area (Å²) < 4.78 is 0. The minimum absolute atomic E-state index is 0.550. The highest BCUT2D eigenvalue weighted by Gasteiger charge is 2.15. The number of nitrogens with zero attached hydrogens (tertiary/aromatic N) is 4. The summed E-state index contributed by atoms with van der Waals surface area (Å²) in [7, 11) is 2.13. The van der Waals surface area contributed by atoms with E-state index in [1.54, 1.807) is 0 Å². The van der Waals surface area contributed by atoms with E-state index in [-0.39, 0.29) is 0 Å². The lowest BCUT2D eigenvalue weighted by atomic mass is 10.3. The van der Waals surface area contributed by atoms with Gasteiger partial charge in [-0.2, -0.15) is 0 Å². The molecule has 1 aliphatic rings. The molecule has 0 atom stereocenters. The quantitative estimate of drug-likeness (QED) is 0.767. The number of likely N-dealkylation sites (N-methyl/N-ethyl adjacent to an activating group) is 1. The molecule has 0 radical (unpaired) electrons. The Labute approximate surface area is 102 Å². The summed E-state index contributed by atoms with van der Waals surface area (Å²) in [6.45, 7) is 7.88. The second-order valence-corrected chi connectivity index (χ2v) is 4.53. The molecule has 0 unspecified atom stereocenters. The Kier molecular flexibility index (Phi) is 3.44. The minimum Gasteiger partial charge on any atom is -0.383 e. The third kappa shape index (κ3) is 2.83. The Balaban J connectivity index is 2.08. The first-order chi connectivity index (χ1) is 8.06. The average Bonchev–Trinajstić information content (AvgIpc) is 2.28. The van der Waals surface area contributed by atoms with Gasteiger partial charge in [-0.3, -0.25) is 0 Å². The van der Waals surface area contributed by atoms with Crippen molar-refractivity contribution in [2.75, 3.05) is 44.4 Å². The normalized spacial score (nSPS) is 18.3. The molecular formula is C11H20N6. The third-order valence-corrected chi connectivity index (χ3v) is 3.06. The van der Waals surface area contributed by atoms with Crippen LogP contribution in [0, 0.1) is 13.8 Å². The fraction of sp³-hybridized carbons (Fsp3) is 0.636. The van der Waals surface area contributed by atoms with E-state index < -0.39 is 0 Å². The van der Waals surface area contributed by atoms with E-state index in [4.69, 9.17) is 5.73 Å². The van der Waals surface area contributed by atoms with Gasteiger partial charge in [-0.15, -0.1) is 0 Å². The molecular weight excluding hydrogens is 216 g/mol. The van der Waals surface area contributed by atoms with Gasteiger partial charge in [0.1, 0.15) is 17.5 Å². The molecule has 0 aliphatic carbocycles. The minimum atomic E-state index is 0.550. The second-order valence-electron chi connectivity index (χ2n) is 4.53. The summed E-state index contributed by atoms with van der Waals surface area (Å²) in [6.07, 6.45) is 0. The number of hydrogen-bond donors (Lipinski definition) is 2. The Morgan fingerprint density at radius 1 is 1.12 bits per heavy atom. The summed E-state index contributed by atoms with van der Waals surface area (Å²) >= 11 is 0. The fourth-order valence-corrected chi connectivity index (χ4v) is 1.83. The van der Waals surface area contributed by atoms with E-state index in [0.717, 1.165) is 37.6 Å². The summed E-state index contributed by atoms with van der Waals surface area (Å²) in [6, 6.07) is 0. The van der Waals surface area contributed by atoms with Gasteiger partial charge in [0.15, 0.2) is 0 Å². The van der Waals surface area contributed by atoms with Crippen LogP contribution in [0.1, 0.15) is 11.4 Å². The lowest BCUT2D eigenvalue weighted by Gasteiger charge is -2.33. The summed E-state index contributed by atoms with van der Waals surface area (Å²) in [4.78, 5) is 10.8. The molecule has 6 heteroatoms. The highest BCUT2D eigenvalue weighted by molar-refractivity contribution is 5.54. The zero-order valence-electron chi connectivity index (χ0n) is 10.7. The lowest BCUT2D eigenvalue weighted by molar-refractivity contribution is 0.178. The van der Waals surface area contributed by atoms with Crippen molar-refractivity contribution in [1.82, 2.24) is 19.9 Å². The standard InChI is InChI=1S/C11H20N6/c1-8-10(12)13-9(2)14-11(8)15-17-6-4-16(3)5-7-17/h4-7H2,1-3H3,(H3,12,13,14,15). The molecule has 1 aromatic rings. The van der Waals surface area contributed by atoms with Gasteiger partial charge in [0, 0.05) is 31.7 Å². The van der Waals surface area contributed by atoms with Gasteiger partial charge in [0.2, 0.25) is 0 Å². The molecule has 2 heterocycles. The number of hydrazine groups is 1. The van der Waals surface area contributed by atoms with Gasteiger partial charge in [-0.1, -0.05) is 0 Å². The van der Waals surface area contributed by atoms with Gasteiger partial charge in [-0.25, -0.2) is 15.0 Å². The van der Waals surface area contributed by atoms with Crippen LogP contribution in [0.3, 0.4) is 0 Å². The van der Waals surface area contributed by atoms with E-state index in [2.05, 4.69) is 32.4 Å². The van der Waals surface area contributed by atoms with Gasteiger partial charge in [0.25, 0.3) is 0 Å². The number of aromatic nitrogens is 2. The topological polar surface area (TPSA) is 70.3 Å². The molecule has 0 saturated carbocycles. The Bertz CT molecular complexity index is 397. The van der Waals surface area contributed by atoms with Crippen LogP contribution >= 0.6 is 0 Å². The largest absolute Gasteiger partial charge is 0.383 e. The molecule has 0 aromatic carbocycles. The predicted molar refractivity (Wildman–Crippen MR) is 68.6 cm³/mol. The lowest BCUT2D eigenvalue weighted by Crippen LogP contribution is -2.47. The average molecular weight is 236 g/mol. The van der Waals surface area contributed by atoms with E-state index >= 15 is 0 Å². The van der Waals surface area contributed by atoms with E-state index in [9.17, 15) is 0 Å². The van der Waals surface area contributed by atoms with Crippen LogP contribution in [0.5, 0.6) is 0 Å². The van der Waals surface area contributed by atoms with Crippen LogP contribution in [-0.4, -0.2) is 53.1 Å². The molecule has 1 fully saturated rings. The first-order valence-corrected chi connectivity index (χ1v) is 5.87. The molecule has 1 saturated heterocycles. The van der Waals surface area contributed by atoms with Crippen molar-refractivity contribution in [1.29, 1.82) is 0 Å². The van der Waals surface area contributed by atoms with Crippen molar-refractivity contribution in [3.8, 4) is 0 Å². The van der Waals surface area contributed by atoms with E-state index in [1.807, 2.05) is 13.8 Å². The number of nitrogens with one attached hydrogen (secondary N) is 1. The predicted octanol–water partition coefficient (Wildman–Crippen LogP) is 0.250. The molecule has 2 rings (SSSR count). The number of hydrogen-bond acceptors (Lipinski definition) is 6. The van der Waals surface area contributed by atoms with Crippen molar-refractivity contribution < 1.29 is 0 Å². The van der Waals surface area contributed by atoms with Gasteiger partial charge >= 0.3 is 0 Å². The molecule has 1 aliphatic heterocycles. The van der Waals surface area contributed by atoms with Crippen molar-refractivity contribution in [2.24, 2.45) is 0 Å². The van der Waals surface area contributed by atoms with Crippen LogP contribution in [0.4, 0.5) is 11.6 Å². The zero-order chi connectivity index (χ0) is 12.4. The van der Waals surface area contributed by atoms with Crippen LogP contribution < -0.4 is 11.2 Å². The van der Waals surface area contributed by atoms with Gasteiger partial charge in [0.05, 0.1) is 0 Å². The summed E-state index contributed by atoms with van der Waals surface area (Å²) in [5, 5.41) is 2.17. The smallest absolute Gasteiger partial charge is 0.149 e. The maximum atomic E-state index is 5.83. The molecule has 17 heavy (non-hydrogen) atoms. The zero-order valence-corrected chi connectivity index (χ0v) is 10.7. The molecule has 0 spiro atoms. The number of anilines is 2. The maximum absolute atomic E-state index is 5.83. The first-order valence-electron chi connectivity index (χ1n) is 5.87. The van der Waals surface area contributed by atoms with E-state index in [0.29, 0.717) is 11.6 Å². The molecule has 6 nitrogen and oxygen atoms in total. The number of piperazine rings is 1. The van der Waals surface area contributed by atoms with Crippen molar-refractivity contribution in [3.05, 3.63) is 11.4 Å². The van der Waals surface area contributed by atoms with Crippen molar-refractivity contribution in [2.45, 2.75) is 13.8 Å². The summed E-state index contributed by atoms with van der Waals surface area (Å²) in [5.74, 6) is 2.07. The number of nitrogens with two attached hydrogens (primary N) is 1. The molecule has 3 N–H and O–H groups in total. The van der Waals surface area contributed by atoms with Crippen molar-refractivity contribution in [3.63, 3.8) is 0 Å². The Morgan fingerprint density at radius 2 is 1.76 bits per heavy atom. The number of nitrogen functional groups attached to an aromatic ring is 1.